The normalized spacial score (nSPS) is 9.57. The van der Waals surface area contributed by atoms with Crippen LogP contribution in [-0.4, -0.2) is 13.1 Å². The van der Waals surface area contributed by atoms with E-state index in [0.29, 0.717) is 6.61 Å². The van der Waals surface area contributed by atoms with Crippen LogP contribution in [0.1, 0.15) is 11.1 Å². The number of amides is 1. The van der Waals surface area contributed by atoms with Gasteiger partial charge in [0, 0.05) is 12.6 Å². The zero-order valence-electron chi connectivity index (χ0n) is 8.25. The van der Waals surface area contributed by atoms with E-state index in [9.17, 15) is 4.79 Å². The van der Waals surface area contributed by atoms with Gasteiger partial charge in [-0.05, 0) is 11.6 Å². The molecular formula is C10H15N2O2+. The predicted octanol–water partition coefficient (Wildman–Crippen LogP) is 0.285. The molecule has 0 aliphatic heterocycles. The van der Waals surface area contributed by atoms with Gasteiger partial charge in [0.1, 0.15) is 6.61 Å². The summed E-state index contributed by atoms with van der Waals surface area (Å²) in [5.74, 6) is 0. The topological polar surface area (TPSA) is 66.0 Å². The van der Waals surface area contributed by atoms with Gasteiger partial charge in [0.2, 0.25) is 0 Å². The number of carbonyl (C=O) groups is 1. The molecule has 0 spiro atoms. The van der Waals surface area contributed by atoms with Crippen molar-refractivity contribution in [1.29, 1.82) is 0 Å². The molecule has 4 heteroatoms. The molecule has 0 aliphatic rings. The van der Waals surface area contributed by atoms with Gasteiger partial charge in [-0.15, -0.1) is 0 Å². The van der Waals surface area contributed by atoms with Crippen LogP contribution in [0.2, 0.25) is 0 Å². The van der Waals surface area contributed by atoms with Crippen LogP contribution in [0.15, 0.2) is 24.3 Å². The first-order valence-electron chi connectivity index (χ1n) is 4.48. The minimum atomic E-state index is -0.412. The monoisotopic (exact) mass is 195 g/mol. The molecule has 1 aromatic carbocycles. The lowest BCUT2D eigenvalue weighted by Gasteiger charge is -2.04. The van der Waals surface area contributed by atoms with Crippen molar-refractivity contribution in [3.05, 3.63) is 35.4 Å². The molecule has 0 radical (unpaired) electrons. The first-order valence-corrected chi connectivity index (χ1v) is 4.48. The Morgan fingerprint density at radius 2 is 2.21 bits per heavy atom. The van der Waals surface area contributed by atoms with E-state index < -0.39 is 6.09 Å². The molecule has 0 saturated heterocycles. The van der Waals surface area contributed by atoms with Gasteiger partial charge in [-0.25, -0.2) is 4.79 Å². The lowest BCUT2D eigenvalue weighted by atomic mass is 10.1. The van der Waals surface area contributed by atoms with Crippen molar-refractivity contribution < 1.29 is 15.3 Å². The Morgan fingerprint density at radius 1 is 1.50 bits per heavy atom. The van der Waals surface area contributed by atoms with Gasteiger partial charge in [0.05, 0.1) is 6.54 Å². The number of quaternary nitrogens is 1. The number of hydrogen-bond acceptors (Lipinski definition) is 2. The van der Waals surface area contributed by atoms with Gasteiger partial charge in [-0.3, -0.25) is 0 Å². The van der Waals surface area contributed by atoms with Crippen molar-refractivity contribution >= 4 is 6.09 Å². The maximum Gasteiger partial charge on any atom is 0.407 e. The van der Waals surface area contributed by atoms with E-state index in [0.717, 1.165) is 17.7 Å². The average molecular weight is 195 g/mol. The summed E-state index contributed by atoms with van der Waals surface area (Å²) in [7, 11) is 1.54. The zero-order valence-corrected chi connectivity index (χ0v) is 8.25. The Kier molecular flexibility index (Phi) is 3.94. The number of ether oxygens (including phenoxy) is 1. The van der Waals surface area contributed by atoms with Crippen LogP contribution in [0.4, 0.5) is 4.79 Å². The number of rotatable bonds is 3. The molecule has 0 fully saturated rings. The first-order chi connectivity index (χ1) is 6.76. The number of hydrogen-bond donors (Lipinski definition) is 2. The molecule has 0 saturated carbocycles. The fraction of sp³-hybridized carbons (Fsp3) is 0.300. The largest absolute Gasteiger partial charge is 0.445 e. The van der Waals surface area contributed by atoms with E-state index in [1.807, 2.05) is 24.3 Å². The summed E-state index contributed by atoms with van der Waals surface area (Å²) >= 11 is 0. The van der Waals surface area contributed by atoms with Crippen molar-refractivity contribution in [3.63, 3.8) is 0 Å². The van der Waals surface area contributed by atoms with Gasteiger partial charge in [0.25, 0.3) is 0 Å². The lowest BCUT2D eigenvalue weighted by molar-refractivity contribution is -0.386. The van der Waals surface area contributed by atoms with Gasteiger partial charge >= 0.3 is 6.09 Å². The molecule has 4 nitrogen and oxygen atoms in total. The highest BCUT2D eigenvalue weighted by Gasteiger charge is 2.00. The van der Waals surface area contributed by atoms with E-state index >= 15 is 0 Å². The van der Waals surface area contributed by atoms with Gasteiger partial charge in [0.15, 0.2) is 0 Å². The van der Waals surface area contributed by atoms with E-state index in [2.05, 4.69) is 11.1 Å². The Balaban J connectivity index is 2.54. The van der Waals surface area contributed by atoms with Crippen molar-refractivity contribution in [2.45, 2.75) is 13.2 Å². The van der Waals surface area contributed by atoms with E-state index in [1.54, 1.807) is 0 Å². The number of alkyl carbamates (subject to hydrolysis) is 1. The minimum absolute atomic E-state index is 0.299. The summed E-state index contributed by atoms with van der Waals surface area (Å²) < 4.78 is 4.91. The highest BCUT2D eigenvalue weighted by Crippen LogP contribution is 2.05. The summed E-state index contributed by atoms with van der Waals surface area (Å²) in [5, 5.41) is 2.39. The molecule has 0 unspecified atom stereocenters. The standard InChI is InChI=1S/C10H14N2O2/c1-12-10(13)14-7-9-4-2-3-8(5-9)6-11/h2-5H,6-7,11H2,1H3,(H,12,13)/p+1. The summed E-state index contributed by atoms with van der Waals surface area (Å²) in [4.78, 5) is 10.8. The third-order valence-corrected chi connectivity index (χ3v) is 1.85. The van der Waals surface area contributed by atoms with E-state index in [4.69, 9.17) is 4.74 Å². The van der Waals surface area contributed by atoms with Crippen LogP contribution < -0.4 is 11.1 Å². The number of nitrogens with one attached hydrogen (secondary N) is 1. The molecule has 0 aromatic heterocycles. The van der Waals surface area contributed by atoms with Gasteiger partial charge in [-0.2, -0.15) is 0 Å². The van der Waals surface area contributed by atoms with Crippen molar-refractivity contribution in [3.8, 4) is 0 Å². The summed E-state index contributed by atoms with van der Waals surface area (Å²) in [6, 6.07) is 7.83. The molecule has 4 N–H and O–H groups in total. The molecule has 1 aromatic rings. The molecule has 0 heterocycles. The summed E-state index contributed by atoms with van der Waals surface area (Å²) in [6.07, 6.45) is -0.412. The molecule has 1 amide bonds. The fourth-order valence-electron chi connectivity index (χ4n) is 1.10. The van der Waals surface area contributed by atoms with Crippen molar-refractivity contribution in [1.82, 2.24) is 5.32 Å². The van der Waals surface area contributed by atoms with Crippen molar-refractivity contribution in [2.24, 2.45) is 0 Å². The van der Waals surface area contributed by atoms with Crippen molar-refractivity contribution in [2.75, 3.05) is 7.05 Å². The maximum atomic E-state index is 10.8. The molecule has 14 heavy (non-hydrogen) atoms. The Hall–Kier alpha value is -1.55. The molecule has 0 bridgehead atoms. The second-order valence-electron chi connectivity index (χ2n) is 2.90. The van der Waals surface area contributed by atoms with Gasteiger partial charge < -0.3 is 15.8 Å². The zero-order chi connectivity index (χ0) is 10.4. The second kappa shape index (κ2) is 5.24. The highest BCUT2D eigenvalue weighted by atomic mass is 16.5. The quantitative estimate of drug-likeness (QED) is 0.727. The van der Waals surface area contributed by atoms with Crippen LogP contribution in [0, 0.1) is 0 Å². The Bertz CT molecular complexity index is 313. The third kappa shape index (κ3) is 3.06. The molecule has 0 aliphatic carbocycles. The summed E-state index contributed by atoms with van der Waals surface area (Å²) in [6.45, 7) is 1.04. The number of benzene rings is 1. The average Bonchev–Trinajstić information content (AvgIpc) is 2.26. The van der Waals surface area contributed by atoms with E-state index in [1.165, 1.54) is 7.05 Å². The number of carbonyl (C=O) groups excluding carboxylic acids is 1. The summed E-state index contributed by atoms with van der Waals surface area (Å²) in [5.41, 5.74) is 5.91. The fourth-order valence-corrected chi connectivity index (χ4v) is 1.10. The third-order valence-electron chi connectivity index (χ3n) is 1.85. The SMILES string of the molecule is CNC(=O)OCc1cccc(C[NH3+])c1. The molecule has 0 atom stereocenters. The molecule has 76 valence electrons. The predicted molar refractivity (Wildman–Crippen MR) is 52.3 cm³/mol. The van der Waals surface area contributed by atoms with Crippen LogP contribution in [0.25, 0.3) is 0 Å². The van der Waals surface area contributed by atoms with Crippen LogP contribution in [-0.2, 0) is 17.9 Å². The van der Waals surface area contributed by atoms with Crippen LogP contribution in [0.3, 0.4) is 0 Å². The smallest absolute Gasteiger partial charge is 0.407 e. The van der Waals surface area contributed by atoms with Gasteiger partial charge in [-0.1, -0.05) is 18.2 Å². The highest BCUT2D eigenvalue weighted by molar-refractivity contribution is 5.66. The maximum absolute atomic E-state index is 10.8. The Labute approximate surface area is 83.1 Å². The lowest BCUT2D eigenvalue weighted by Crippen LogP contribution is -2.47. The first kappa shape index (κ1) is 10.5. The van der Waals surface area contributed by atoms with E-state index in [-0.39, 0.29) is 0 Å². The molecular weight excluding hydrogens is 180 g/mol. The minimum Gasteiger partial charge on any atom is -0.445 e. The molecule has 1 rings (SSSR count). The Morgan fingerprint density at radius 3 is 2.86 bits per heavy atom. The van der Waals surface area contributed by atoms with Crippen LogP contribution in [0.5, 0.6) is 0 Å². The van der Waals surface area contributed by atoms with Crippen LogP contribution >= 0.6 is 0 Å². The second-order valence-corrected chi connectivity index (χ2v) is 2.90.